The van der Waals surface area contributed by atoms with Crippen molar-refractivity contribution >= 4 is 0 Å². The highest BCUT2D eigenvalue weighted by atomic mass is 19.1. The van der Waals surface area contributed by atoms with Crippen molar-refractivity contribution in [1.82, 2.24) is 4.90 Å². The van der Waals surface area contributed by atoms with E-state index in [-0.39, 0.29) is 11.9 Å². The van der Waals surface area contributed by atoms with Gasteiger partial charge in [0.05, 0.1) is 6.04 Å². The van der Waals surface area contributed by atoms with Gasteiger partial charge < -0.3 is 5.73 Å². The Kier molecular flexibility index (Phi) is 4.36. The van der Waals surface area contributed by atoms with Crippen LogP contribution in [0.5, 0.6) is 0 Å². The summed E-state index contributed by atoms with van der Waals surface area (Å²) in [5.41, 5.74) is 6.64. The summed E-state index contributed by atoms with van der Waals surface area (Å²) in [6.07, 6.45) is 2.43. The topological polar surface area (TPSA) is 29.3 Å². The average Bonchev–Trinajstić information content (AvgIpc) is 2.37. The lowest BCUT2D eigenvalue weighted by molar-refractivity contribution is 0.0694. The third-order valence-corrected chi connectivity index (χ3v) is 4.31. The minimum atomic E-state index is -0.140. The molecule has 0 bridgehead atoms. The number of halogens is 1. The second-order valence-corrected chi connectivity index (χ2v) is 5.37. The van der Waals surface area contributed by atoms with E-state index in [2.05, 4.69) is 18.7 Å². The molecule has 1 aliphatic heterocycles. The molecule has 0 saturated carbocycles. The van der Waals surface area contributed by atoms with E-state index in [9.17, 15) is 4.39 Å². The van der Waals surface area contributed by atoms with Gasteiger partial charge >= 0.3 is 0 Å². The Morgan fingerprint density at radius 1 is 1.39 bits per heavy atom. The van der Waals surface area contributed by atoms with Gasteiger partial charge in [-0.05, 0) is 38.3 Å². The predicted octanol–water partition coefficient (Wildman–Crippen LogP) is 2.95. The Hall–Kier alpha value is -0.930. The molecule has 3 atom stereocenters. The fraction of sp³-hybridized carbons (Fsp3) is 0.600. The lowest BCUT2D eigenvalue weighted by Crippen LogP contribution is -2.46. The number of hydrogen-bond donors (Lipinski definition) is 1. The second kappa shape index (κ2) is 5.81. The summed E-state index contributed by atoms with van der Waals surface area (Å²) in [6.45, 7) is 5.98. The van der Waals surface area contributed by atoms with Gasteiger partial charge in [0, 0.05) is 18.2 Å². The van der Waals surface area contributed by atoms with Crippen LogP contribution in [0, 0.1) is 11.7 Å². The van der Waals surface area contributed by atoms with Gasteiger partial charge in [-0.3, -0.25) is 4.90 Å². The lowest BCUT2D eigenvalue weighted by atomic mass is 9.89. The largest absolute Gasteiger partial charge is 0.329 e. The first-order valence-corrected chi connectivity index (χ1v) is 6.85. The summed E-state index contributed by atoms with van der Waals surface area (Å²) < 4.78 is 13.9. The summed E-state index contributed by atoms with van der Waals surface area (Å²) in [5.74, 6) is 0.512. The van der Waals surface area contributed by atoms with Crippen LogP contribution >= 0.6 is 0 Å². The van der Waals surface area contributed by atoms with Gasteiger partial charge in [-0.1, -0.05) is 25.1 Å². The molecule has 0 radical (unpaired) electrons. The number of piperidine rings is 1. The monoisotopic (exact) mass is 250 g/mol. The van der Waals surface area contributed by atoms with Crippen LogP contribution in [0.25, 0.3) is 0 Å². The van der Waals surface area contributed by atoms with E-state index < -0.39 is 0 Å². The summed E-state index contributed by atoms with van der Waals surface area (Å²) >= 11 is 0. The van der Waals surface area contributed by atoms with Crippen molar-refractivity contribution in [3.8, 4) is 0 Å². The quantitative estimate of drug-likeness (QED) is 0.893. The van der Waals surface area contributed by atoms with Gasteiger partial charge in [-0.15, -0.1) is 0 Å². The standard InChI is InChI=1S/C15H23FN2/c1-11-6-5-9-18(12(11)2)15(10-17)13-7-3-4-8-14(13)16/h3-4,7-8,11-12,15H,5-6,9-10,17H2,1-2H3. The molecule has 1 aromatic carbocycles. The molecule has 1 saturated heterocycles. The van der Waals surface area contributed by atoms with Crippen LogP contribution in [0.4, 0.5) is 4.39 Å². The predicted molar refractivity (Wildman–Crippen MR) is 72.8 cm³/mol. The minimum absolute atomic E-state index is 0.00366. The lowest BCUT2D eigenvalue weighted by Gasteiger charge is -2.42. The third-order valence-electron chi connectivity index (χ3n) is 4.31. The van der Waals surface area contributed by atoms with Gasteiger partial charge in [0.1, 0.15) is 5.82 Å². The van der Waals surface area contributed by atoms with E-state index in [4.69, 9.17) is 5.73 Å². The number of benzene rings is 1. The van der Waals surface area contributed by atoms with E-state index in [0.717, 1.165) is 12.1 Å². The number of nitrogens with zero attached hydrogens (tertiary/aromatic N) is 1. The first-order valence-electron chi connectivity index (χ1n) is 6.85. The number of nitrogens with two attached hydrogens (primary N) is 1. The zero-order valence-electron chi connectivity index (χ0n) is 11.3. The van der Waals surface area contributed by atoms with Gasteiger partial charge in [-0.2, -0.15) is 0 Å². The molecule has 0 spiro atoms. The molecule has 2 nitrogen and oxygen atoms in total. The summed E-state index contributed by atoms with van der Waals surface area (Å²) in [6, 6.07) is 7.47. The molecule has 1 aliphatic rings. The molecule has 3 heteroatoms. The van der Waals surface area contributed by atoms with Crippen molar-refractivity contribution in [2.45, 2.75) is 38.8 Å². The van der Waals surface area contributed by atoms with Gasteiger partial charge in [0.25, 0.3) is 0 Å². The fourth-order valence-corrected chi connectivity index (χ4v) is 2.99. The number of hydrogen-bond acceptors (Lipinski definition) is 2. The Morgan fingerprint density at radius 2 is 2.11 bits per heavy atom. The Bertz CT molecular complexity index is 394. The van der Waals surface area contributed by atoms with Crippen molar-refractivity contribution in [2.75, 3.05) is 13.1 Å². The van der Waals surface area contributed by atoms with Gasteiger partial charge in [0.2, 0.25) is 0 Å². The maximum Gasteiger partial charge on any atom is 0.128 e. The van der Waals surface area contributed by atoms with Crippen LogP contribution in [-0.4, -0.2) is 24.0 Å². The molecule has 1 aromatic rings. The Labute approximate surface area is 109 Å². The molecule has 1 fully saturated rings. The van der Waals surface area contributed by atoms with Crippen molar-refractivity contribution in [3.05, 3.63) is 35.6 Å². The number of rotatable bonds is 3. The van der Waals surface area contributed by atoms with Crippen molar-refractivity contribution in [1.29, 1.82) is 0 Å². The highest BCUT2D eigenvalue weighted by Gasteiger charge is 2.31. The van der Waals surface area contributed by atoms with Gasteiger partial charge in [-0.25, -0.2) is 4.39 Å². The zero-order chi connectivity index (χ0) is 13.1. The normalized spacial score (nSPS) is 27.1. The van der Waals surface area contributed by atoms with Crippen LogP contribution in [0.3, 0.4) is 0 Å². The summed E-state index contributed by atoms with van der Waals surface area (Å²) in [4.78, 5) is 2.37. The highest BCUT2D eigenvalue weighted by Crippen LogP contribution is 2.31. The second-order valence-electron chi connectivity index (χ2n) is 5.37. The molecular formula is C15H23FN2. The first-order chi connectivity index (χ1) is 8.65. The van der Waals surface area contributed by atoms with E-state index in [1.807, 2.05) is 12.1 Å². The van der Waals surface area contributed by atoms with Crippen LogP contribution in [-0.2, 0) is 0 Å². The van der Waals surface area contributed by atoms with E-state index in [1.165, 1.54) is 18.9 Å². The molecule has 1 heterocycles. The SMILES string of the molecule is CC1CCCN(C(CN)c2ccccc2F)C1C. The molecule has 3 unspecified atom stereocenters. The van der Waals surface area contributed by atoms with Crippen LogP contribution < -0.4 is 5.73 Å². The summed E-state index contributed by atoms with van der Waals surface area (Å²) in [7, 11) is 0. The molecule has 2 N–H and O–H groups in total. The fourth-order valence-electron chi connectivity index (χ4n) is 2.99. The highest BCUT2D eigenvalue weighted by molar-refractivity contribution is 5.22. The van der Waals surface area contributed by atoms with Crippen molar-refractivity contribution in [2.24, 2.45) is 11.7 Å². The maximum atomic E-state index is 13.9. The molecule has 0 amide bonds. The van der Waals surface area contributed by atoms with E-state index in [0.29, 0.717) is 18.5 Å². The minimum Gasteiger partial charge on any atom is -0.329 e. The van der Waals surface area contributed by atoms with Crippen molar-refractivity contribution < 1.29 is 4.39 Å². The van der Waals surface area contributed by atoms with Crippen LogP contribution in [0.1, 0.15) is 38.3 Å². The summed E-state index contributed by atoms with van der Waals surface area (Å²) in [5, 5.41) is 0. The molecule has 0 aliphatic carbocycles. The smallest absolute Gasteiger partial charge is 0.128 e. The first kappa shape index (κ1) is 13.5. The third kappa shape index (κ3) is 2.57. The zero-order valence-corrected chi connectivity index (χ0v) is 11.3. The average molecular weight is 250 g/mol. The maximum absolute atomic E-state index is 13.9. The Morgan fingerprint density at radius 3 is 2.78 bits per heavy atom. The molecule has 18 heavy (non-hydrogen) atoms. The van der Waals surface area contributed by atoms with Crippen LogP contribution in [0.15, 0.2) is 24.3 Å². The van der Waals surface area contributed by atoms with Crippen molar-refractivity contribution in [3.63, 3.8) is 0 Å². The van der Waals surface area contributed by atoms with Gasteiger partial charge in [0.15, 0.2) is 0 Å². The molecule has 100 valence electrons. The Balaban J connectivity index is 2.25. The molecule has 0 aromatic heterocycles. The van der Waals surface area contributed by atoms with E-state index in [1.54, 1.807) is 6.07 Å². The number of likely N-dealkylation sites (tertiary alicyclic amines) is 1. The van der Waals surface area contributed by atoms with Crippen LogP contribution in [0.2, 0.25) is 0 Å². The molecule has 2 rings (SSSR count). The van der Waals surface area contributed by atoms with E-state index >= 15 is 0 Å². The molecular weight excluding hydrogens is 227 g/mol.